The molecule has 0 saturated heterocycles. The largest absolute Gasteiger partial charge is 0.550 e. The molecule has 0 saturated carbocycles. The lowest BCUT2D eigenvalue weighted by molar-refractivity contribution is -0.302. The molecule has 1 aromatic carbocycles. The van der Waals surface area contributed by atoms with Gasteiger partial charge >= 0.3 is 5.97 Å². The maximum atomic E-state index is 9.58. The number of hydrogen-bond donors (Lipinski definition) is 0. The highest BCUT2D eigenvalue weighted by Gasteiger charge is 1.78. The predicted molar refractivity (Wildman–Crippen MR) is 62.9 cm³/mol. The lowest BCUT2D eigenvalue weighted by Crippen LogP contribution is -2.16. The van der Waals surface area contributed by atoms with E-state index in [1.807, 2.05) is 36.4 Å². The number of aliphatic carboxylic acids is 1. The molecule has 0 aromatic heterocycles. The van der Waals surface area contributed by atoms with E-state index in [0.29, 0.717) is 0 Å². The lowest BCUT2D eigenvalue weighted by atomic mass is 10.4. The molecule has 15 heavy (non-hydrogen) atoms. The summed E-state index contributed by atoms with van der Waals surface area (Å²) in [6, 6.07) is 12.0. The van der Waals surface area contributed by atoms with E-state index in [1.54, 1.807) is 0 Å². The third-order valence-corrected chi connectivity index (χ3v) is 1.40. The fourth-order valence-electron chi connectivity index (χ4n) is 0.385. The van der Waals surface area contributed by atoms with Crippen LogP contribution in [0.1, 0.15) is 13.8 Å². The van der Waals surface area contributed by atoms with Gasteiger partial charge < -0.3 is 13.0 Å². The van der Waals surface area contributed by atoms with E-state index in [0.717, 1.165) is 6.92 Å². The average Bonchev–Trinajstić information content (AvgIpc) is 2.20. The Balaban J connectivity index is 0. The van der Waals surface area contributed by atoms with Crippen molar-refractivity contribution >= 4 is 34.9 Å². The zero-order valence-corrected chi connectivity index (χ0v) is 10.6. The van der Waals surface area contributed by atoms with Gasteiger partial charge in [0.1, 0.15) is 0 Å². The van der Waals surface area contributed by atoms with Crippen molar-refractivity contribution in [2.45, 2.75) is 13.8 Å². The predicted octanol–water partition coefficient (Wildman–Crippen LogP) is 1.34. The van der Waals surface area contributed by atoms with Crippen molar-refractivity contribution in [2.24, 2.45) is 0 Å². The summed E-state index contributed by atoms with van der Waals surface area (Å²) in [7, 11) is 0. The highest BCUT2D eigenvalue weighted by atomic mass is 127. The van der Waals surface area contributed by atoms with Crippen molar-refractivity contribution in [3.63, 3.8) is 0 Å². The van der Waals surface area contributed by atoms with Crippen LogP contribution in [0, 0.1) is 0 Å². The third-order valence-electron chi connectivity index (χ3n) is 0.775. The fraction of sp³-hybridized carbons (Fsp3) is 0.200. The van der Waals surface area contributed by atoms with Crippen molar-refractivity contribution < 1.29 is 17.8 Å². The minimum atomic E-state index is -1.08. The molecule has 0 unspecified atom stereocenters. The SMILES string of the molecule is CC(=O)OI.CC(=O)[O-].c1ccccc1. The van der Waals surface area contributed by atoms with E-state index in [4.69, 9.17) is 9.90 Å². The van der Waals surface area contributed by atoms with Gasteiger partial charge in [0.25, 0.3) is 0 Å². The summed E-state index contributed by atoms with van der Waals surface area (Å²) in [6.45, 7) is 2.33. The molecule has 0 aliphatic rings. The first kappa shape index (κ1) is 16.3. The molecule has 0 bridgehead atoms. The van der Waals surface area contributed by atoms with Crippen LogP contribution in [0.2, 0.25) is 0 Å². The number of carboxylic acids is 1. The Morgan fingerprint density at radius 2 is 1.13 bits per heavy atom. The van der Waals surface area contributed by atoms with E-state index in [9.17, 15) is 4.79 Å². The summed E-state index contributed by atoms with van der Waals surface area (Å²) >= 11 is 1.53. The normalized spacial score (nSPS) is 7.13. The summed E-state index contributed by atoms with van der Waals surface area (Å²) < 4.78 is 4.08. The Kier molecular flexibility index (Phi) is 14.0. The first-order chi connectivity index (χ1) is 7.00. The minimum Gasteiger partial charge on any atom is -0.550 e. The molecule has 0 N–H and O–H groups in total. The van der Waals surface area contributed by atoms with Gasteiger partial charge in [-0.3, -0.25) is 4.79 Å². The molecule has 5 heteroatoms. The van der Waals surface area contributed by atoms with E-state index in [-0.39, 0.29) is 5.97 Å². The smallest absolute Gasteiger partial charge is 0.312 e. The van der Waals surface area contributed by atoms with E-state index >= 15 is 0 Å². The molecular formula is C10H12IO4-. The summed E-state index contributed by atoms with van der Waals surface area (Å²) in [4.78, 5) is 18.5. The van der Waals surface area contributed by atoms with Crippen LogP contribution in [0.4, 0.5) is 0 Å². The van der Waals surface area contributed by atoms with Crippen molar-refractivity contribution in [3.8, 4) is 0 Å². The molecule has 0 fully saturated rings. The Hall–Kier alpha value is -1.11. The highest BCUT2D eigenvalue weighted by Crippen LogP contribution is 1.82. The molecule has 0 aliphatic heterocycles. The highest BCUT2D eigenvalue weighted by molar-refractivity contribution is 14.1. The molecule has 0 amide bonds. The molecule has 0 aliphatic carbocycles. The third kappa shape index (κ3) is 32.2. The number of hydrogen-bond acceptors (Lipinski definition) is 4. The van der Waals surface area contributed by atoms with Crippen LogP contribution < -0.4 is 5.11 Å². The molecule has 84 valence electrons. The van der Waals surface area contributed by atoms with Crippen molar-refractivity contribution in [2.75, 3.05) is 0 Å². The van der Waals surface area contributed by atoms with Crippen LogP contribution in [-0.4, -0.2) is 11.9 Å². The molecule has 0 atom stereocenters. The topological polar surface area (TPSA) is 66.4 Å². The molecular weight excluding hydrogens is 311 g/mol. The quantitative estimate of drug-likeness (QED) is 0.676. The van der Waals surface area contributed by atoms with E-state index in [1.165, 1.54) is 29.9 Å². The van der Waals surface area contributed by atoms with Crippen molar-refractivity contribution in [1.29, 1.82) is 0 Å². The van der Waals surface area contributed by atoms with Crippen LogP contribution in [0.15, 0.2) is 36.4 Å². The Bertz CT molecular complexity index is 231. The van der Waals surface area contributed by atoms with E-state index in [2.05, 4.69) is 3.07 Å². The van der Waals surface area contributed by atoms with Crippen LogP contribution in [0.5, 0.6) is 0 Å². The summed E-state index contributed by atoms with van der Waals surface area (Å²) in [5, 5.41) is 8.89. The Morgan fingerprint density at radius 3 is 1.20 bits per heavy atom. The van der Waals surface area contributed by atoms with Crippen LogP contribution >= 0.6 is 23.0 Å². The second-order valence-electron chi connectivity index (χ2n) is 2.22. The van der Waals surface area contributed by atoms with Gasteiger partial charge in [-0.05, 0) is 6.92 Å². The van der Waals surface area contributed by atoms with Gasteiger partial charge in [-0.25, -0.2) is 0 Å². The second-order valence-corrected chi connectivity index (χ2v) is 2.66. The maximum absolute atomic E-state index is 9.58. The molecule has 4 nitrogen and oxygen atoms in total. The van der Waals surface area contributed by atoms with Gasteiger partial charge in [0, 0.05) is 12.9 Å². The first-order valence-electron chi connectivity index (χ1n) is 3.97. The van der Waals surface area contributed by atoms with Gasteiger partial charge in [0.05, 0.1) is 0 Å². The molecule has 1 aromatic rings. The summed E-state index contributed by atoms with van der Waals surface area (Å²) in [6.07, 6.45) is 0. The van der Waals surface area contributed by atoms with Crippen LogP contribution in [-0.2, 0) is 12.7 Å². The Labute approximate surface area is 103 Å². The molecule has 1 rings (SSSR count). The molecule has 0 radical (unpaired) electrons. The van der Waals surface area contributed by atoms with E-state index < -0.39 is 5.97 Å². The molecule has 0 heterocycles. The van der Waals surface area contributed by atoms with Crippen molar-refractivity contribution in [3.05, 3.63) is 36.4 Å². The number of carbonyl (C=O) groups excluding carboxylic acids is 2. The van der Waals surface area contributed by atoms with Gasteiger partial charge in [-0.15, -0.1) is 0 Å². The number of benzene rings is 1. The summed E-state index contributed by atoms with van der Waals surface area (Å²) in [5.74, 6) is -1.34. The summed E-state index contributed by atoms with van der Waals surface area (Å²) in [5.41, 5.74) is 0. The van der Waals surface area contributed by atoms with Crippen LogP contribution in [0.25, 0.3) is 0 Å². The fourth-order valence-corrected chi connectivity index (χ4v) is 0.385. The lowest BCUT2D eigenvalue weighted by Gasteiger charge is -1.77. The monoisotopic (exact) mass is 323 g/mol. The first-order valence-corrected chi connectivity index (χ1v) is 4.85. The minimum absolute atomic E-state index is 0.259. The van der Waals surface area contributed by atoms with Gasteiger partial charge in [0.2, 0.25) is 0 Å². The zero-order chi connectivity index (χ0) is 12.1. The Morgan fingerprint density at radius 1 is 1.00 bits per heavy atom. The second kappa shape index (κ2) is 12.9. The number of carbonyl (C=O) groups is 2. The van der Waals surface area contributed by atoms with Crippen molar-refractivity contribution in [1.82, 2.24) is 0 Å². The van der Waals surface area contributed by atoms with Gasteiger partial charge in [-0.2, -0.15) is 0 Å². The number of rotatable bonds is 0. The van der Waals surface area contributed by atoms with Gasteiger partial charge in [0.15, 0.2) is 23.0 Å². The standard InChI is InChI=1S/C6H6.C2H3IO2.C2H4O2/c1-2-4-6-5-3-1;1-2(4)5-3;1-2(3)4/h1-6H;1H3;1H3,(H,3,4)/p-1. The van der Waals surface area contributed by atoms with Crippen LogP contribution in [0.3, 0.4) is 0 Å². The van der Waals surface area contributed by atoms with Gasteiger partial charge in [-0.1, -0.05) is 36.4 Å². The number of carboxylic acid groups (broad SMARTS) is 1. The zero-order valence-electron chi connectivity index (χ0n) is 8.48. The molecule has 0 spiro atoms. The average molecular weight is 323 g/mol. The number of halogens is 1. The maximum Gasteiger partial charge on any atom is 0.312 e.